The largest absolute Gasteiger partial charge is 0.478 e. The number of carboxylic acids is 1. The molecule has 0 aliphatic carbocycles. The SMILES string of the molecule is CC[C@H](C)C(O)C(=O)O[C@H](C=CC=CC=CC(=O)O)[C@]1(C)CO1. The number of aliphatic hydroxyl groups is 1. The Labute approximate surface area is 136 Å². The summed E-state index contributed by atoms with van der Waals surface area (Å²) >= 11 is 0. The predicted molar refractivity (Wildman–Crippen MR) is 84.8 cm³/mol. The maximum absolute atomic E-state index is 12.0. The van der Waals surface area contributed by atoms with Gasteiger partial charge in [-0.1, -0.05) is 44.6 Å². The lowest BCUT2D eigenvalue weighted by atomic mass is 10.0. The second kappa shape index (κ2) is 8.64. The Morgan fingerprint density at radius 2 is 1.91 bits per heavy atom. The number of aliphatic hydroxyl groups excluding tert-OH is 1. The molecular formula is C17H24O6. The zero-order chi connectivity index (χ0) is 17.5. The van der Waals surface area contributed by atoms with Crippen LogP contribution >= 0.6 is 0 Å². The molecule has 0 saturated carbocycles. The minimum Gasteiger partial charge on any atom is -0.478 e. The number of rotatable bonds is 9. The highest BCUT2D eigenvalue weighted by Gasteiger charge is 2.48. The molecule has 0 amide bonds. The Morgan fingerprint density at radius 1 is 1.30 bits per heavy atom. The molecule has 6 heteroatoms. The van der Waals surface area contributed by atoms with Crippen LogP contribution in [0.2, 0.25) is 0 Å². The first-order valence-corrected chi connectivity index (χ1v) is 7.57. The molecule has 4 atom stereocenters. The molecule has 6 nitrogen and oxygen atoms in total. The van der Waals surface area contributed by atoms with E-state index in [4.69, 9.17) is 14.6 Å². The first kappa shape index (κ1) is 19.1. The van der Waals surface area contributed by atoms with E-state index in [0.29, 0.717) is 13.0 Å². The molecule has 0 bridgehead atoms. The number of hydrogen-bond donors (Lipinski definition) is 2. The van der Waals surface area contributed by atoms with Crippen LogP contribution in [0.5, 0.6) is 0 Å². The molecule has 0 radical (unpaired) electrons. The molecule has 2 N–H and O–H groups in total. The summed E-state index contributed by atoms with van der Waals surface area (Å²) in [5.74, 6) is -1.87. The zero-order valence-corrected chi connectivity index (χ0v) is 13.6. The third-order valence-corrected chi connectivity index (χ3v) is 3.73. The molecule has 1 fully saturated rings. The van der Waals surface area contributed by atoms with Crippen molar-refractivity contribution in [2.24, 2.45) is 5.92 Å². The van der Waals surface area contributed by atoms with Gasteiger partial charge in [0.2, 0.25) is 0 Å². The number of epoxide rings is 1. The Kier molecular flexibility index (Phi) is 7.19. The Morgan fingerprint density at radius 3 is 2.43 bits per heavy atom. The average Bonchev–Trinajstić information content (AvgIpc) is 3.26. The molecule has 1 rings (SSSR count). The van der Waals surface area contributed by atoms with Crippen molar-refractivity contribution in [2.45, 2.75) is 45.0 Å². The number of carbonyl (C=O) groups is 2. The van der Waals surface area contributed by atoms with Crippen LogP contribution in [-0.2, 0) is 19.1 Å². The van der Waals surface area contributed by atoms with Gasteiger partial charge in [-0.15, -0.1) is 0 Å². The van der Waals surface area contributed by atoms with Crippen LogP contribution in [0.4, 0.5) is 0 Å². The first-order valence-electron chi connectivity index (χ1n) is 7.57. The number of ether oxygens (including phenoxy) is 2. The second-order valence-electron chi connectivity index (χ2n) is 5.76. The molecular weight excluding hydrogens is 300 g/mol. The Balaban J connectivity index is 2.64. The Bertz CT molecular complexity index is 501. The van der Waals surface area contributed by atoms with E-state index in [9.17, 15) is 14.7 Å². The van der Waals surface area contributed by atoms with E-state index >= 15 is 0 Å². The number of hydrogen-bond acceptors (Lipinski definition) is 5. The van der Waals surface area contributed by atoms with E-state index in [1.165, 1.54) is 6.08 Å². The summed E-state index contributed by atoms with van der Waals surface area (Å²) in [6.45, 7) is 5.96. The predicted octanol–water partition coefficient (Wildman–Crippen LogP) is 1.85. The molecule has 128 valence electrons. The average molecular weight is 324 g/mol. The van der Waals surface area contributed by atoms with Gasteiger partial charge in [-0.25, -0.2) is 9.59 Å². The fourth-order valence-electron chi connectivity index (χ4n) is 1.73. The number of aliphatic carboxylic acids is 1. The summed E-state index contributed by atoms with van der Waals surface area (Å²) in [5.41, 5.74) is -0.577. The third-order valence-electron chi connectivity index (χ3n) is 3.73. The molecule has 1 aliphatic rings. The van der Waals surface area contributed by atoms with Crippen molar-refractivity contribution in [1.82, 2.24) is 0 Å². The molecule has 1 aliphatic heterocycles. The normalized spacial score (nSPS) is 24.9. The van der Waals surface area contributed by atoms with Crippen LogP contribution in [0.15, 0.2) is 36.5 Å². The van der Waals surface area contributed by atoms with Gasteiger partial charge in [-0.3, -0.25) is 0 Å². The summed E-state index contributed by atoms with van der Waals surface area (Å²) < 4.78 is 10.7. The minimum absolute atomic E-state index is 0.180. The van der Waals surface area contributed by atoms with Gasteiger partial charge in [0, 0.05) is 6.08 Å². The van der Waals surface area contributed by atoms with Gasteiger partial charge in [0.1, 0.15) is 5.60 Å². The van der Waals surface area contributed by atoms with Crippen molar-refractivity contribution in [1.29, 1.82) is 0 Å². The molecule has 0 spiro atoms. The van der Waals surface area contributed by atoms with Gasteiger partial charge in [0.05, 0.1) is 6.61 Å². The lowest BCUT2D eigenvalue weighted by Gasteiger charge is -2.22. The van der Waals surface area contributed by atoms with Gasteiger partial charge < -0.3 is 19.7 Å². The van der Waals surface area contributed by atoms with Crippen LogP contribution in [0.25, 0.3) is 0 Å². The second-order valence-corrected chi connectivity index (χ2v) is 5.76. The van der Waals surface area contributed by atoms with Gasteiger partial charge in [0.25, 0.3) is 0 Å². The molecule has 0 aromatic carbocycles. The van der Waals surface area contributed by atoms with Crippen LogP contribution < -0.4 is 0 Å². The smallest absolute Gasteiger partial charge is 0.335 e. The van der Waals surface area contributed by atoms with E-state index < -0.39 is 29.7 Å². The lowest BCUT2D eigenvalue weighted by molar-refractivity contribution is -0.162. The van der Waals surface area contributed by atoms with Crippen LogP contribution in [0.1, 0.15) is 27.2 Å². The van der Waals surface area contributed by atoms with E-state index in [1.807, 2.05) is 13.8 Å². The summed E-state index contributed by atoms with van der Waals surface area (Å²) in [5, 5.41) is 18.3. The van der Waals surface area contributed by atoms with Gasteiger partial charge in [0.15, 0.2) is 12.2 Å². The number of carboxylic acid groups (broad SMARTS) is 1. The fourth-order valence-corrected chi connectivity index (χ4v) is 1.73. The summed E-state index contributed by atoms with van der Waals surface area (Å²) in [4.78, 5) is 22.3. The summed E-state index contributed by atoms with van der Waals surface area (Å²) in [6, 6.07) is 0. The van der Waals surface area contributed by atoms with Crippen LogP contribution in [0, 0.1) is 5.92 Å². The molecule has 1 unspecified atom stereocenters. The maximum atomic E-state index is 12.0. The monoisotopic (exact) mass is 324 g/mol. The van der Waals surface area contributed by atoms with Crippen molar-refractivity contribution in [3.05, 3.63) is 36.5 Å². The van der Waals surface area contributed by atoms with E-state index in [1.54, 1.807) is 31.2 Å². The maximum Gasteiger partial charge on any atom is 0.335 e. The number of allylic oxidation sites excluding steroid dienone is 4. The van der Waals surface area contributed by atoms with E-state index in [2.05, 4.69) is 0 Å². The van der Waals surface area contributed by atoms with Crippen molar-refractivity contribution >= 4 is 11.9 Å². The number of esters is 1. The number of carbonyl (C=O) groups excluding carboxylic acids is 1. The summed E-state index contributed by atoms with van der Waals surface area (Å²) in [7, 11) is 0. The van der Waals surface area contributed by atoms with Crippen molar-refractivity contribution in [3.8, 4) is 0 Å². The fraction of sp³-hybridized carbons (Fsp3) is 0.529. The molecule has 0 aromatic rings. The Hall–Kier alpha value is -1.92. The molecule has 1 saturated heterocycles. The first-order chi connectivity index (χ1) is 10.8. The van der Waals surface area contributed by atoms with Crippen molar-refractivity contribution in [3.63, 3.8) is 0 Å². The van der Waals surface area contributed by atoms with Crippen LogP contribution in [0.3, 0.4) is 0 Å². The minimum atomic E-state index is -1.16. The van der Waals surface area contributed by atoms with Crippen molar-refractivity contribution < 1.29 is 29.3 Å². The highest BCUT2D eigenvalue weighted by atomic mass is 16.6. The topological polar surface area (TPSA) is 96.4 Å². The molecule has 0 aromatic heterocycles. The van der Waals surface area contributed by atoms with Crippen molar-refractivity contribution in [2.75, 3.05) is 6.61 Å². The third kappa shape index (κ3) is 6.38. The highest BCUT2D eigenvalue weighted by molar-refractivity contribution is 5.80. The van der Waals surface area contributed by atoms with Gasteiger partial charge >= 0.3 is 11.9 Å². The standard InChI is InChI=1S/C17H24O6/c1-4-12(2)15(20)16(21)23-13(17(3)11-22-17)9-7-5-6-8-10-14(18)19/h5-10,12-13,15,20H,4,11H2,1-3H3,(H,18,19)/t12-,13+,15?,17-/m0/s1. The van der Waals surface area contributed by atoms with Gasteiger partial charge in [-0.05, 0) is 18.9 Å². The van der Waals surface area contributed by atoms with Gasteiger partial charge in [-0.2, -0.15) is 0 Å². The van der Waals surface area contributed by atoms with Crippen LogP contribution in [-0.4, -0.2) is 46.6 Å². The molecule has 23 heavy (non-hydrogen) atoms. The quantitative estimate of drug-likeness (QED) is 0.291. The summed E-state index contributed by atoms with van der Waals surface area (Å²) in [6.07, 6.45) is 7.76. The highest BCUT2D eigenvalue weighted by Crippen LogP contribution is 2.33. The molecule has 1 heterocycles. The lowest BCUT2D eigenvalue weighted by Crippen LogP contribution is -2.37. The zero-order valence-electron chi connectivity index (χ0n) is 13.6. The van der Waals surface area contributed by atoms with E-state index in [0.717, 1.165) is 6.08 Å². The van der Waals surface area contributed by atoms with E-state index in [-0.39, 0.29) is 5.92 Å².